The molecule has 0 N–H and O–H groups in total. The summed E-state index contributed by atoms with van der Waals surface area (Å²) in [5.41, 5.74) is 0.0720. The number of nitrogens with zero attached hydrogens (tertiary/aromatic N) is 1. The van der Waals surface area contributed by atoms with E-state index < -0.39 is 20.0 Å². The van der Waals surface area contributed by atoms with Gasteiger partial charge in [0.05, 0.1) is 17.2 Å². The van der Waals surface area contributed by atoms with Crippen molar-refractivity contribution in [3.8, 4) is 11.3 Å². The average Bonchev–Trinajstić information content (AvgIpc) is 2.96. The largest absolute Gasteiger partial charge is 0.410 e. The third-order valence-corrected chi connectivity index (χ3v) is 6.45. The van der Waals surface area contributed by atoms with Crippen LogP contribution in [0.4, 0.5) is 8.78 Å². The monoisotopic (exact) mass is 359 g/mol. The van der Waals surface area contributed by atoms with Crippen LogP contribution in [0, 0.1) is 11.6 Å². The summed E-state index contributed by atoms with van der Waals surface area (Å²) >= 11 is 5.83. The third kappa shape index (κ3) is 4.62. The predicted molar refractivity (Wildman–Crippen MR) is 88.9 cm³/mol. The Morgan fingerprint density at radius 1 is 1.26 bits per heavy atom. The maximum absolute atomic E-state index is 13.9. The molecule has 2 aromatic rings. The first-order valence-electron chi connectivity index (χ1n) is 7.57. The van der Waals surface area contributed by atoms with Gasteiger partial charge in [-0.15, -0.1) is 0 Å². The molecule has 1 aromatic carbocycles. The van der Waals surface area contributed by atoms with Crippen LogP contribution in [-0.2, 0) is 11.0 Å². The fourth-order valence-electron chi connectivity index (χ4n) is 2.20. The lowest BCUT2D eigenvalue weighted by Crippen LogP contribution is -2.29. The van der Waals surface area contributed by atoms with Crippen molar-refractivity contribution in [3.05, 3.63) is 40.6 Å². The number of benzene rings is 1. The standard InChI is InChI=1S/C16H20ClF2NO2Si/c1-4-5-8-23(2,3)21-10-11-9-14(20-22-11)15-12(18)6-7-13(19)16(15)17/h6-7,9H,4-5,8,10H2,1-3H3. The molecule has 0 saturated heterocycles. The lowest BCUT2D eigenvalue weighted by atomic mass is 10.1. The molecule has 0 spiro atoms. The second-order valence-electron chi connectivity index (χ2n) is 6.05. The molecule has 0 fully saturated rings. The maximum atomic E-state index is 13.9. The Balaban J connectivity index is 2.11. The predicted octanol–water partition coefficient (Wildman–Crippen LogP) is 5.80. The summed E-state index contributed by atoms with van der Waals surface area (Å²) in [5, 5.41) is 3.48. The van der Waals surface area contributed by atoms with Gasteiger partial charge in [-0.05, 0) is 31.3 Å². The lowest BCUT2D eigenvalue weighted by molar-refractivity contribution is 0.240. The highest BCUT2D eigenvalue weighted by atomic mass is 35.5. The van der Waals surface area contributed by atoms with Crippen molar-refractivity contribution in [2.24, 2.45) is 0 Å². The number of unbranched alkanes of at least 4 members (excludes halogenated alkanes) is 1. The fraction of sp³-hybridized carbons (Fsp3) is 0.438. The molecule has 3 nitrogen and oxygen atoms in total. The van der Waals surface area contributed by atoms with Crippen molar-refractivity contribution >= 4 is 19.9 Å². The zero-order valence-corrected chi connectivity index (χ0v) is 15.2. The Kier molecular flexibility index (Phi) is 5.94. The quantitative estimate of drug-likeness (QED) is 0.463. The van der Waals surface area contributed by atoms with E-state index in [2.05, 4.69) is 25.2 Å². The van der Waals surface area contributed by atoms with Gasteiger partial charge in [0.1, 0.15) is 17.3 Å². The molecule has 0 aliphatic carbocycles. The minimum atomic E-state index is -1.76. The van der Waals surface area contributed by atoms with E-state index in [1.807, 2.05) is 0 Å². The van der Waals surface area contributed by atoms with Crippen LogP contribution in [0.2, 0.25) is 24.2 Å². The second kappa shape index (κ2) is 7.55. The highest BCUT2D eigenvalue weighted by Crippen LogP contribution is 2.32. The summed E-state index contributed by atoms with van der Waals surface area (Å²) in [4.78, 5) is 0. The Morgan fingerprint density at radius 2 is 1.96 bits per heavy atom. The Labute approximate surface area is 140 Å². The molecule has 0 amide bonds. The molecule has 7 heteroatoms. The van der Waals surface area contributed by atoms with Gasteiger partial charge in [0.15, 0.2) is 14.1 Å². The molecular formula is C16H20ClF2NO2Si. The zero-order valence-electron chi connectivity index (χ0n) is 13.5. The van der Waals surface area contributed by atoms with Gasteiger partial charge in [-0.1, -0.05) is 36.5 Å². The SMILES string of the molecule is CCCC[Si](C)(C)OCc1cc(-c2c(F)ccc(F)c2Cl)no1. The molecule has 23 heavy (non-hydrogen) atoms. The van der Waals surface area contributed by atoms with Gasteiger partial charge in [-0.2, -0.15) is 0 Å². The molecule has 1 heterocycles. The summed E-state index contributed by atoms with van der Waals surface area (Å²) < 4.78 is 38.5. The Hall–Kier alpha value is -1.24. The molecule has 0 saturated carbocycles. The normalized spacial score (nSPS) is 11.9. The van der Waals surface area contributed by atoms with Crippen LogP contribution in [-0.4, -0.2) is 13.5 Å². The molecular weight excluding hydrogens is 340 g/mol. The van der Waals surface area contributed by atoms with E-state index in [1.165, 1.54) is 6.07 Å². The van der Waals surface area contributed by atoms with Crippen LogP contribution in [0.1, 0.15) is 25.5 Å². The van der Waals surface area contributed by atoms with Gasteiger partial charge in [-0.3, -0.25) is 0 Å². The fourth-order valence-corrected chi connectivity index (χ4v) is 4.33. The van der Waals surface area contributed by atoms with Crippen molar-refractivity contribution in [1.29, 1.82) is 0 Å². The van der Waals surface area contributed by atoms with Crippen molar-refractivity contribution in [2.45, 2.75) is 45.5 Å². The van der Waals surface area contributed by atoms with Crippen molar-refractivity contribution in [1.82, 2.24) is 5.16 Å². The van der Waals surface area contributed by atoms with E-state index in [0.717, 1.165) is 31.0 Å². The van der Waals surface area contributed by atoms with Gasteiger partial charge < -0.3 is 8.95 Å². The number of rotatable bonds is 7. The summed E-state index contributed by atoms with van der Waals surface area (Å²) in [6.45, 7) is 6.70. The van der Waals surface area contributed by atoms with E-state index in [0.29, 0.717) is 5.76 Å². The topological polar surface area (TPSA) is 35.3 Å². The summed E-state index contributed by atoms with van der Waals surface area (Å²) in [6, 6.07) is 4.60. The van der Waals surface area contributed by atoms with Crippen molar-refractivity contribution in [2.75, 3.05) is 0 Å². The summed E-state index contributed by atoms with van der Waals surface area (Å²) in [5.74, 6) is -0.872. The van der Waals surface area contributed by atoms with E-state index in [4.69, 9.17) is 20.6 Å². The minimum absolute atomic E-state index is 0.0934. The molecule has 0 radical (unpaired) electrons. The molecule has 0 unspecified atom stereocenters. The minimum Gasteiger partial charge on any atom is -0.410 e. The van der Waals surface area contributed by atoms with Gasteiger partial charge in [0.25, 0.3) is 0 Å². The highest BCUT2D eigenvalue weighted by molar-refractivity contribution is 6.71. The molecule has 1 aromatic heterocycles. The average molecular weight is 360 g/mol. The lowest BCUT2D eigenvalue weighted by Gasteiger charge is -2.21. The first-order valence-corrected chi connectivity index (χ1v) is 11.1. The van der Waals surface area contributed by atoms with E-state index >= 15 is 0 Å². The number of aromatic nitrogens is 1. The Bertz CT molecular complexity index is 676. The first-order chi connectivity index (χ1) is 10.8. The Morgan fingerprint density at radius 3 is 2.65 bits per heavy atom. The summed E-state index contributed by atoms with van der Waals surface area (Å²) in [7, 11) is -1.76. The van der Waals surface area contributed by atoms with E-state index in [-0.39, 0.29) is 22.9 Å². The zero-order chi connectivity index (χ0) is 17.0. The highest BCUT2D eigenvalue weighted by Gasteiger charge is 2.23. The number of halogens is 3. The molecule has 0 bridgehead atoms. The molecule has 0 aliphatic heterocycles. The van der Waals surface area contributed by atoms with Crippen molar-refractivity contribution < 1.29 is 17.7 Å². The van der Waals surface area contributed by atoms with E-state index in [9.17, 15) is 8.78 Å². The number of hydrogen-bond acceptors (Lipinski definition) is 3. The van der Waals surface area contributed by atoms with Crippen LogP contribution < -0.4 is 0 Å². The number of hydrogen-bond donors (Lipinski definition) is 0. The van der Waals surface area contributed by atoms with Crippen LogP contribution >= 0.6 is 11.6 Å². The third-order valence-electron chi connectivity index (χ3n) is 3.60. The van der Waals surface area contributed by atoms with Gasteiger partial charge >= 0.3 is 0 Å². The van der Waals surface area contributed by atoms with Crippen LogP contribution in [0.3, 0.4) is 0 Å². The molecule has 2 rings (SSSR count). The van der Waals surface area contributed by atoms with Gasteiger partial charge in [-0.25, -0.2) is 8.78 Å². The smallest absolute Gasteiger partial charge is 0.187 e. The van der Waals surface area contributed by atoms with Gasteiger partial charge in [0.2, 0.25) is 0 Å². The van der Waals surface area contributed by atoms with Crippen LogP contribution in [0.5, 0.6) is 0 Å². The van der Waals surface area contributed by atoms with Crippen LogP contribution in [0.15, 0.2) is 22.7 Å². The van der Waals surface area contributed by atoms with Gasteiger partial charge in [0, 0.05) is 6.07 Å². The van der Waals surface area contributed by atoms with Crippen LogP contribution in [0.25, 0.3) is 11.3 Å². The molecule has 0 atom stereocenters. The summed E-state index contributed by atoms with van der Waals surface area (Å²) in [6.07, 6.45) is 2.26. The van der Waals surface area contributed by atoms with E-state index in [1.54, 1.807) is 0 Å². The van der Waals surface area contributed by atoms with Crippen molar-refractivity contribution in [3.63, 3.8) is 0 Å². The maximum Gasteiger partial charge on any atom is 0.187 e. The molecule has 0 aliphatic rings. The second-order valence-corrected chi connectivity index (χ2v) is 10.7. The first kappa shape index (κ1) is 18.1. The molecule has 126 valence electrons.